The van der Waals surface area contributed by atoms with Gasteiger partial charge in [-0.2, -0.15) is 0 Å². The number of allylic oxidation sites excluding steroid dienone is 1. The summed E-state index contributed by atoms with van der Waals surface area (Å²) in [6.45, 7) is 7.97. The number of esters is 1. The molecule has 6 nitrogen and oxygen atoms in total. The van der Waals surface area contributed by atoms with Crippen LogP contribution in [0.15, 0.2) is 12.2 Å². The first kappa shape index (κ1) is 44.4. The summed E-state index contributed by atoms with van der Waals surface area (Å²) < 4.78 is 17.0. The molecule has 0 fully saturated rings. The second kappa shape index (κ2) is 34.8. The van der Waals surface area contributed by atoms with Crippen molar-refractivity contribution in [2.45, 2.75) is 206 Å². The number of hydrogen-bond acceptors (Lipinski definition) is 6. The first-order chi connectivity index (χ1) is 22.4. The predicted octanol–water partition coefficient (Wildman–Crippen LogP) is 12.1. The summed E-state index contributed by atoms with van der Waals surface area (Å²) in [5.74, 6) is -0.0234. The number of hydrogen-bond donors (Lipinski definition) is 0. The van der Waals surface area contributed by atoms with E-state index < -0.39 is 6.16 Å². The molecule has 0 radical (unpaired) electrons. The summed E-state index contributed by atoms with van der Waals surface area (Å²) in [6, 6.07) is 0. The third-order valence-electron chi connectivity index (χ3n) is 8.74. The van der Waals surface area contributed by atoms with Crippen LogP contribution in [0.4, 0.5) is 4.79 Å². The molecule has 0 aliphatic rings. The molecule has 46 heavy (non-hydrogen) atoms. The number of unbranched alkanes of at least 4 members (excludes halogenated alkanes) is 17. The highest BCUT2D eigenvalue weighted by Gasteiger charge is 2.16. The van der Waals surface area contributed by atoms with Crippen LogP contribution in [0.3, 0.4) is 0 Å². The molecule has 0 amide bonds. The predicted molar refractivity (Wildman–Crippen MR) is 195 cm³/mol. The first-order valence-electron chi connectivity index (χ1n) is 19.7. The van der Waals surface area contributed by atoms with E-state index in [4.69, 9.17) is 14.2 Å². The average Bonchev–Trinajstić information content (AvgIpc) is 3.03. The number of nitrogens with zero attached hydrogens (tertiary/aromatic N) is 1. The molecule has 0 aliphatic heterocycles. The summed E-state index contributed by atoms with van der Waals surface area (Å²) >= 11 is 0. The number of carbonyl (C=O) groups is 2. The van der Waals surface area contributed by atoms with E-state index in [0.717, 1.165) is 83.6 Å². The average molecular weight is 652 g/mol. The van der Waals surface area contributed by atoms with Gasteiger partial charge >= 0.3 is 12.1 Å². The van der Waals surface area contributed by atoms with Gasteiger partial charge in [0.15, 0.2) is 0 Å². The lowest BCUT2D eigenvalue weighted by Crippen LogP contribution is -2.21. The van der Waals surface area contributed by atoms with Gasteiger partial charge in [-0.1, -0.05) is 129 Å². The summed E-state index contributed by atoms with van der Waals surface area (Å²) in [5.41, 5.74) is 0. The van der Waals surface area contributed by atoms with Crippen molar-refractivity contribution >= 4 is 12.1 Å². The maximum Gasteiger partial charge on any atom is 0.508 e. The van der Waals surface area contributed by atoms with E-state index in [0.29, 0.717) is 13.0 Å². The molecule has 0 aromatic heterocycles. The molecule has 0 aromatic rings. The third-order valence-corrected chi connectivity index (χ3v) is 8.74. The quantitative estimate of drug-likeness (QED) is 0.0392. The third kappa shape index (κ3) is 32.4. The Morgan fingerprint density at radius 3 is 1.65 bits per heavy atom. The molecular weight excluding hydrogens is 574 g/mol. The largest absolute Gasteiger partial charge is 0.508 e. The Labute approximate surface area is 286 Å². The van der Waals surface area contributed by atoms with E-state index in [1.165, 1.54) is 89.9 Å². The van der Waals surface area contributed by atoms with Crippen LogP contribution in [0.25, 0.3) is 0 Å². The zero-order valence-corrected chi connectivity index (χ0v) is 31.3. The normalized spacial score (nSPS) is 12.9. The molecule has 272 valence electrons. The van der Waals surface area contributed by atoms with Gasteiger partial charge in [-0.3, -0.25) is 4.79 Å². The topological polar surface area (TPSA) is 65.1 Å². The van der Waals surface area contributed by atoms with Gasteiger partial charge in [0, 0.05) is 19.4 Å². The lowest BCUT2D eigenvalue weighted by Gasteiger charge is -2.18. The molecular formula is C40H77NO5. The lowest BCUT2D eigenvalue weighted by atomic mass is 10.0. The minimum Gasteiger partial charge on any atom is -0.462 e. The molecule has 0 saturated carbocycles. The van der Waals surface area contributed by atoms with Gasteiger partial charge in [-0.25, -0.2) is 4.79 Å². The van der Waals surface area contributed by atoms with Crippen LogP contribution < -0.4 is 0 Å². The minimum absolute atomic E-state index is 0.0234. The van der Waals surface area contributed by atoms with Crippen LogP contribution in [0, 0.1) is 0 Å². The monoisotopic (exact) mass is 652 g/mol. The molecule has 0 aromatic carbocycles. The van der Waals surface area contributed by atoms with E-state index in [1.54, 1.807) is 0 Å². The van der Waals surface area contributed by atoms with Crippen molar-refractivity contribution in [2.24, 2.45) is 0 Å². The summed E-state index contributed by atoms with van der Waals surface area (Å²) in [4.78, 5) is 26.7. The molecule has 0 aliphatic carbocycles. The van der Waals surface area contributed by atoms with E-state index in [2.05, 4.69) is 37.8 Å². The van der Waals surface area contributed by atoms with Crippen LogP contribution in [-0.2, 0) is 19.0 Å². The Morgan fingerprint density at radius 1 is 0.565 bits per heavy atom. The van der Waals surface area contributed by atoms with Crippen molar-refractivity contribution in [1.82, 2.24) is 4.90 Å². The smallest absolute Gasteiger partial charge is 0.462 e. The van der Waals surface area contributed by atoms with E-state index in [9.17, 15) is 9.59 Å². The van der Waals surface area contributed by atoms with E-state index in [-0.39, 0.29) is 18.2 Å². The highest BCUT2D eigenvalue weighted by atomic mass is 16.7. The number of carbonyl (C=O) groups excluding carboxylic acids is 2. The van der Waals surface area contributed by atoms with Crippen LogP contribution in [-0.4, -0.2) is 56.5 Å². The van der Waals surface area contributed by atoms with Crippen molar-refractivity contribution in [1.29, 1.82) is 0 Å². The molecule has 6 heteroatoms. The van der Waals surface area contributed by atoms with E-state index in [1.807, 2.05) is 14.1 Å². The molecule has 0 bridgehead atoms. The van der Waals surface area contributed by atoms with Crippen molar-refractivity contribution in [3.63, 3.8) is 0 Å². The van der Waals surface area contributed by atoms with Crippen LogP contribution in [0.1, 0.15) is 194 Å². The molecule has 0 rings (SSSR count). The highest BCUT2D eigenvalue weighted by Crippen LogP contribution is 2.19. The van der Waals surface area contributed by atoms with Crippen molar-refractivity contribution in [2.75, 3.05) is 27.2 Å². The Hall–Kier alpha value is -1.56. The second-order valence-corrected chi connectivity index (χ2v) is 13.7. The lowest BCUT2D eigenvalue weighted by molar-refractivity contribution is -0.149. The van der Waals surface area contributed by atoms with Crippen LogP contribution in [0.5, 0.6) is 0 Å². The van der Waals surface area contributed by atoms with Gasteiger partial charge in [-0.05, 0) is 78.3 Å². The van der Waals surface area contributed by atoms with Gasteiger partial charge in [-0.15, -0.1) is 0 Å². The Balaban J connectivity index is 4.34. The Morgan fingerprint density at radius 2 is 1.07 bits per heavy atom. The maximum atomic E-state index is 12.3. The molecule has 0 saturated heterocycles. The molecule has 1 unspecified atom stereocenters. The fourth-order valence-electron chi connectivity index (χ4n) is 5.79. The first-order valence-corrected chi connectivity index (χ1v) is 19.7. The van der Waals surface area contributed by atoms with Gasteiger partial charge in [0.25, 0.3) is 0 Å². The van der Waals surface area contributed by atoms with Gasteiger partial charge in [0.1, 0.15) is 12.2 Å². The summed E-state index contributed by atoms with van der Waals surface area (Å²) in [7, 11) is 4.05. The van der Waals surface area contributed by atoms with Gasteiger partial charge < -0.3 is 19.1 Å². The highest BCUT2D eigenvalue weighted by molar-refractivity contribution is 5.69. The van der Waals surface area contributed by atoms with Crippen LogP contribution in [0.2, 0.25) is 0 Å². The number of rotatable bonds is 34. The molecule has 2 atom stereocenters. The summed E-state index contributed by atoms with van der Waals surface area (Å²) in [5, 5.41) is 0. The summed E-state index contributed by atoms with van der Waals surface area (Å²) in [6.07, 6.45) is 34.3. The van der Waals surface area contributed by atoms with Gasteiger partial charge in [0.05, 0.1) is 6.61 Å². The zero-order valence-electron chi connectivity index (χ0n) is 31.3. The van der Waals surface area contributed by atoms with Crippen LogP contribution >= 0.6 is 0 Å². The van der Waals surface area contributed by atoms with Gasteiger partial charge in [0.2, 0.25) is 0 Å². The molecule has 0 N–H and O–H groups in total. The fraction of sp³-hybridized carbons (Fsp3) is 0.900. The maximum absolute atomic E-state index is 12.3. The zero-order chi connectivity index (χ0) is 33.9. The van der Waals surface area contributed by atoms with E-state index >= 15 is 0 Å². The Kier molecular flexibility index (Phi) is 33.6. The fourth-order valence-corrected chi connectivity index (χ4v) is 5.79. The van der Waals surface area contributed by atoms with Crippen molar-refractivity contribution in [3.05, 3.63) is 12.2 Å². The Bertz CT molecular complexity index is 695. The second-order valence-electron chi connectivity index (χ2n) is 13.7. The van der Waals surface area contributed by atoms with Crippen molar-refractivity contribution in [3.8, 4) is 0 Å². The minimum atomic E-state index is -0.496. The number of ether oxygens (including phenoxy) is 3. The molecule has 0 heterocycles. The standard InChI is InChI=1S/C40H77NO5/c1-6-9-12-14-15-18-22-27-32-38(46-40(43)44-36-29-35-41(4)5)33-28-23-20-17-16-19-21-26-31-37(30-25-13-10-7-2)45-39(42)34-24-11-8-3/h21,26,37-38H,6-20,22-25,27-36H2,1-5H3/b26-21-/t37-,38?/m1/s1. The molecule has 0 spiro atoms. The van der Waals surface area contributed by atoms with Crippen molar-refractivity contribution < 1.29 is 23.8 Å². The SMILES string of the molecule is CCCCCCCCCCC(CCCCCCC/C=C\C[C@@H](CCCCCC)OC(=O)CCCCC)OC(=O)OCCCN(C)C.